The Hall–Kier alpha value is -3.85. The summed E-state index contributed by atoms with van der Waals surface area (Å²) in [7, 11) is 0. The van der Waals surface area contributed by atoms with Crippen LogP contribution in [-0.2, 0) is 9.53 Å². The van der Waals surface area contributed by atoms with Crippen molar-refractivity contribution in [2.45, 2.75) is 20.8 Å². The Morgan fingerprint density at radius 2 is 1.76 bits per heavy atom. The van der Waals surface area contributed by atoms with Crippen molar-refractivity contribution in [2.75, 3.05) is 11.9 Å². The SMILES string of the molecule is CCOC(=O)c1c(-c2ccccc2)c(C#N)c(NC(C)=O)n1-c1ccc(C)cc1. The lowest BCUT2D eigenvalue weighted by Gasteiger charge is -2.14. The molecule has 6 nitrogen and oxygen atoms in total. The monoisotopic (exact) mass is 387 g/mol. The maximum Gasteiger partial charge on any atom is 0.356 e. The van der Waals surface area contributed by atoms with Crippen LogP contribution in [0.4, 0.5) is 5.82 Å². The number of hydrogen-bond acceptors (Lipinski definition) is 4. The van der Waals surface area contributed by atoms with Gasteiger partial charge in [-0.15, -0.1) is 0 Å². The number of nitrogens with zero attached hydrogens (tertiary/aromatic N) is 2. The summed E-state index contributed by atoms with van der Waals surface area (Å²) < 4.78 is 6.89. The number of rotatable bonds is 5. The molecular weight excluding hydrogens is 366 g/mol. The third kappa shape index (κ3) is 3.90. The van der Waals surface area contributed by atoms with Crippen molar-refractivity contribution < 1.29 is 14.3 Å². The van der Waals surface area contributed by atoms with Gasteiger partial charge in [0.1, 0.15) is 23.1 Å². The van der Waals surface area contributed by atoms with E-state index in [0.29, 0.717) is 16.8 Å². The average Bonchev–Trinajstić information content (AvgIpc) is 3.03. The second kappa shape index (κ2) is 8.44. The Balaban J connectivity index is 2.44. The molecule has 146 valence electrons. The second-order valence-electron chi connectivity index (χ2n) is 6.50. The van der Waals surface area contributed by atoms with Crippen LogP contribution in [-0.4, -0.2) is 23.1 Å². The van der Waals surface area contributed by atoms with Gasteiger partial charge in [0.2, 0.25) is 5.91 Å². The number of carbonyl (C=O) groups is 2. The molecule has 0 unspecified atom stereocenters. The van der Waals surface area contributed by atoms with E-state index in [1.54, 1.807) is 11.5 Å². The highest BCUT2D eigenvalue weighted by Gasteiger charge is 2.30. The number of nitrogens with one attached hydrogen (secondary N) is 1. The fourth-order valence-corrected chi connectivity index (χ4v) is 3.20. The smallest absolute Gasteiger partial charge is 0.356 e. The minimum absolute atomic E-state index is 0.184. The lowest BCUT2D eigenvalue weighted by Crippen LogP contribution is -2.16. The number of carbonyl (C=O) groups excluding carboxylic acids is 2. The lowest BCUT2D eigenvalue weighted by molar-refractivity contribution is -0.114. The van der Waals surface area contributed by atoms with E-state index >= 15 is 0 Å². The van der Waals surface area contributed by atoms with Gasteiger partial charge in [-0.05, 0) is 31.5 Å². The molecule has 2 aromatic carbocycles. The average molecular weight is 387 g/mol. The van der Waals surface area contributed by atoms with Gasteiger partial charge in [-0.1, -0.05) is 48.0 Å². The van der Waals surface area contributed by atoms with Crippen LogP contribution in [0, 0.1) is 18.3 Å². The first-order valence-electron chi connectivity index (χ1n) is 9.23. The number of anilines is 1. The van der Waals surface area contributed by atoms with Gasteiger partial charge in [-0.2, -0.15) is 5.26 Å². The molecule has 0 radical (unpaired) electrons. The molecule has 1 N–H and O–H groups in total. The summed E-state index contributed by atoms with van der Waals surface area (Å²) in [5.74, 6) is -0.673. The molecule has 6 heteroatoms. The predicted octanol–water partition coefficient (Wildman–Crippen LogP) is 4.46. The molecule has 3 aromatic rings. The van der Waals surface area contributed by atoms with Crippen LogP contribution in [0.3, 0.4) is 0 Å². The van der Waals surface area contributed by atoms with Crippen LogP contribution in [0.25, 0.3) is 16.8 Å². The van der Waals surface area contributed by atoms with E-state index in [9.17, 15) is 14.9 Å². The van der Waals surface area contributed by atoms with Gasteiger partial charge < -0.3 is 10.1 Å². The van der Waals surface area contributed by atoms with Crippen molar-refractivity contribution in [2.24, 2.45) is 0 Å². The van der Waals surface area contributed by atoms with Crippen molar-refractivity contribution in [1.82, 2.24) is 4.57 Å². The Bertz CT molecular complexity index is 1090. The summed E-state index contributed by atoms with van der Waals surface area (Å²) in [6.07, 6.45) is 0. The van der Waals surface area contributed by atoms with Crippen LogP contribution >= 0.6 is 0 Å². The maximum atomic E-state index is 13.0. The highest BCUT2D eigenvalue weighted by atomic mass is 16.5. The van der Waals surface area contributed by atoms with Crippen LogP contribution in [0.2, 0.25) is 0 Å². The molecule has 0 spiro atoms. The van der Waals surface area contributed by atoms with Gasteiger partial charge in [0, 0.05) is 18.2 Å². The van der Waals surface area contributed by atoms with E-state index < -0.39 is 5.97 Å². The predicted molar refractivity (Wildman–Crippen MR) is 111 cm³/mol. The topological polar surface area (TPSA) is 84.1 Å². The standard InChI is InChI=1S/C23H21N3O3/c1-4-29-23(28)21-20(17-8-6-5-7-9-17)19(14-24)22(25-16(3)27)26(21)18-12-10-15(2)11-13-18/h5-13H,4H2,1-3H3,(H,25,27). The first-order valence-corrected chi connectivity index (χ1v) is 9.23. The quantitative estimate of drug-likeness (QED) is 0.655. The first-order chi connectivity index (χ1) is 14.0. The van der Waals surface area contributed by atoms with Gasteiger partial charge in [0.25, 0.3) is 0 Å². The molecule has 0 aliphatic carbocycles. The fraction of sp³-hybridized carbons (Fsp3) is 0.174. The van der Waals surface area contributed by atoms with E-state index in [1.165, 1.54) is 6.92 Å². The molecule has 0 fully saturated rings. The Labute approximate surface area is 169 Å². The van der Waals surface area contributed by atoms with E-state index in [4.69, 9.17) is 4.74 Å². The Kier molecular flexibility index (Phi) is 5.79. The number of amides is 1. The van der Waals surface area contributed by atoms with E-state index in [2.05, 4.69) is 11.4 Å². The highest BCUT2D eigenvalue weighted by molar-refractivity contribution is 6.03. The number of hydrogen-bond donors (Lipinski definition) is 1. The number of nitriles is 1. The van der Waals surface area contributed by atoms with Gasteiger partial charge >= 0.3 is 5.97 Å². The summed E-state index contributed by atoms with van der Waals surface area (Å²) in [5.41, 5.74) is 3.20. The van der Waals surface area contributed by atoms with E-state index in [1.807, 2.05) is 61.5 Å². The van der Waals surface area contributed by atoms with Crippen molar-refractivity contribution >= 4 is 17.7 Å². The molecule has 0 bridgehead atoms. The van der Waals surface area contributed by atoms with Crippen LogP contribution in [0.15, 0.2) is 54.6 Å². The van der Waals surface area contributed by atoms with Gasteiger partial charge in [-0.25, -0.2) is 4.79 Å². The molecular formula is C23H21N3O3. The van der Waals surface area contributed by atoms with Gasteiger partial charge in [0.05, 0.1) is 6.61 Å². The van der Waals surface area contributed by atoms with Crippen molar-refractivity contribution in [3.05, 3.63) is 71.4 Å². The maximum absolute atomic E-state index is 13.0. The molecule has 1 amide bonds. The van der Waals surface area contributed by atoms with Crippen molar-refractivity contribution in [3.8, 4) is 22.9 Å². The Morgan fingerprint density at radius 3 is 2.31 bits per heavy atom. The minimum atomic E-state index is -0.569. The minimum Gasteiger partial charge on any atom is -0.461 e. The lowest BCUT2D eigenvalue weighted by atomic mass is 10.0. The number of ether oxygens (including phenoxy) is 1. The fourth-order valence-electron chi connectivity index (χ4n) is 3.20. The first kappa shape index (κ1) is 19.9. The van der Waals surface area contributed by atoms with Crippen LogP contribution in [0.5, 0.6) is 0 Å². The summed E-state index contributed by atoms with van der Waals surface area (Å²) in [6.45, 7) is 5.22. The molecule has 29 heavy (non-hydrogen) atoms. The summed E-state index contributed by atoms with van der Waals surface area (Å²) >= 11 is 0. The molecule has 0 atom stereocenters. The molecule has 0 saturated carbocycles. The number of benzene rings is 2. The molecule has 0 saturated heterocycles. The largest absolute Gasteiger partial charge is 0.461 e. The molecule has 1 heterocycles. The van der Waals surface area contributed by atoms with Crippen LogP contribution < -0.4 is 5.32 Å². The third-order valence-electron chi connectivity index (χ3n) is 4.40. The summed E-state index contributed by atoms with van der Waals surface area (Å²) in [5, 5.41) is 12.7. The summed E-state index contributed by atoms with van der Waals surface area (Å²) in [6, 6.07) is 18.8. The zero-order chi connectivity index (χ0) is 21.0. The van der Waals surface area contributed by atoms with Crippen molar-refractivity contribution in [3.63, 3.8) is 0 Å². The van der Waals surface area contributed by atoms with E-state index in [0.717, 1.165) is 5.56 Å². The normalized spacial score (nSPS) is 10.3. The van der Waals surface area contributed by atoms with Gasteiger partial charge in [0.15, 0.2) is 0 Å². The molecule has 0 aliphatic heterocycles. The highest BCUT2D eigenvalue weighted by Crippen LogP contribution is 2.38. The summed E-state index contributed by atoms with van der Waals surface area (Å²) in [4.78, 5) is 24.9. The number of aryl methyl sites for hydroxylation is 1. The Morgan fingerprint density at radius 1 is 1.10 bits per heavy atom. The molecule has 0 aliphatic rings. The zero-order valence-electron chi connectivity index (χ0n) is 16.5. The molecule has 3 rings (SSSR count). The number of esters is 1. The number of aromatic nitrogens is 1. The third-order valence-corrected chi connectivity index (χ3v) is 4.40. The van der Waals surface area contributed by atoms with E-state index in [-0.39, 0.29) is 29.6 Å². The van der Waals surface area contributed by atoms with Crippen molar-refractivity contribution in [1.29, 1.82) is 5.26 Å². The zero-order valence-corrected chi connectivity index (χ0v) is 16.5. The van der Waals surface area contributed by atoms with Gasteiger partial charge in [-0.3, -0.25) is 9.36 Å². The van der Waals surface area contributed by atoms with Crippen LogP contribution in [0.1, 0.15) is 35.5 Å². The second-order valence-corrected chi connectivity index (χ2v) is 6.50. The molecule has 1 aromatic heterocycles.